The van der Waals surface area contributed by atoms with Gasteiger partial charge in [0.25, 0.3) is 0 Å². The molecule has 20 heavy (non-hydrogen) atoms. The molecule has 1 aliphatic carbocycles. The summed E-state index contributed by atoms with van der Waals surface area (Å²) in [6.45, 7) is 7.15. The fraction of sp³-hybridized carbons (Fsp3) is 0.647. The van der Waals surface area contributed by atoms with E-state index in [0.717, 1.165) is 19.1 Å². The van der Waals surface area contributed by atoms with Crippen molar-refractivity contribution in [3.05, 3.63) is 35.4 Å². The topological polar surface area (TPSA) is 18.5 Å². The van der Waals surface area contributed by atoms with Gasteiger partial charge in [-0.3, -0.25) is 4.90 Å². The maximum atomic E-state index is 3.42. The molecule has 1 saturated heterocycles. The van der Waals surface area contributed by atoms with Gasteiger partial charge in [-0.15, -0.1) is 0 Å². The number of hydrogen-bond acceptors (Lipinski definition) is 3. The summed E-state index contributed by atoms with van der Waals surface area (Å²) in [6.07, 6.45) is 3.79. The zero-order chi connectivity index (χ0) is 13.8. The van der Waals surface area contributed by atoms with Crippen LogP contribution in [-0.4, -0.2) is 62.2 Å². The molecule has 1 aliphatic heterocycles. The van der Waals surface area contributed by atoms with E-state index in [9.17, 15) is 0 Å². The van der Waals surface area contributed by atoms with E-state index in [1.807, 2.05) is 0 Å². The van der Waals surface area contributed by atoms with E-state index in [2.05, 4.69) is 46.4 Å². The minimum atomic E-state index is 0.729. The zero-order valence-corrected chi connectivity index (χ0v) is 12.6. The van der Waals surface area contributed by atoms with Crippen molar-refractivity contribution in [3.8, 4) is 0 Å². The molecule has 0 aromatic heterocycles. The number of likely N-dealkylation sites (N-methyl/N-ethyl adjacent to an activating group) is 1. The molecule has 1 N–H and O–H groups in total. The number of benzene rings is 1. The lowest BCUT2D eigenvalue weighted by Crippen LogP contribution is -2.47. The van der Waals surface area contributed by atoms with Crippen LogP contribution < -0.4 is 5.32 Å². The smallest absolute Gasteiger partial charge is 0.0136 e. The third kappa shape index (κ3) is 3.40. The Balaban J connectivity index is 1.49. The van der Waals surface area contributed by atoms with Crippen molar-refractivity contribution in [3.63, 3.8) is 0 Å². The van der Waals surface area contributed by atoms with Crippen molar-refractivity contribution in [1.29, 1.82) is 0 Å². The molecule has 1 aromatic carbocycles. The fourth-order valence-corrected chi connectivity index (χ4v) is 3.47. The summed E-state index contributed by atoms with van der Waals surface area (Å²) in [7, 11) is 2.31. The van der Waals surface area contributed by atoms with E-state index in [0.29, 0.717) is 0 Å². The first kappa shape index (κ1) is 14.1. The average molecular weight is 273 g/mol. The Labute approximate surface area is 123 Å². The van der Waals surface area contributed by atoms with Gasteiger partial charge in [0, 0.05) is 45.3 Å². The first-order valence-electron chi connectivity index (χ1n) is 8.03. The van der Waals surface area contributed by atoms with Gasteiger partial charge in [-0.1, -0.05) is 24.3 Å². The fourth-order valence-electron chi connectivity index (χ4n) is 3.47. The number of nitrogens with one attached hydrogen (secondary N) is 1. The highest BCUT2D eigenvalue weighted by Gasteiger charge is 2.22. The lowest BCUT2D eigenvalue weighted by molar-refractivity contribution is 0.168. The maximum absolute atomic E-state index is 3.42. The summed E-state index contributed by atoms with van der Waals surface area (Å²) in [5.74, 6) is 0. The van der Waals surface area contributed by atoms with E-state index in [1.54, 1.807) is 11.1 Å². The molecule has 1 aromatic rings. The predicted molar refractivity (Wildman–Crippen MR) is 84.2 cm³/mol. The molecule has 110 valence electrons. The minimum absolute atomic E-state index is 0.729. The molecule has 0 bridgehead atoms. The van der Waals surface area contributed by atoms with Crippen LogP contribution in [0.2, 0.25) is 0 Å². The third-order valence-electron chi connectivity index (χ3n) is 4.92. The standard InChI is InChI=1S/C17H27N3/c1-19(12-13-20-10-8-18-9-11-20)17-7-6-15-4-2-3-5-16(15)14-17/h2-5,17-18H,6-14H2,1H3. The highest BCUT2D eigenvalue weighted by molar-refractivity contribution is 5.30. The second-order valence-electron chi connectivity index (χ2n) is 6.24. The van der Waals surface area contributed by atoms with Crippen LogP contribution in [0, 0.1) is 0 Å². The van der Waals surface area contributed by atoms with E-state index in [1.165, 1.54) is 45.4 Å². The van der Waals surface area contributed by atoms with Crippen LogP contribution >= 0.6 is 0 Å². The van der Waals surface area contributed by atoms with Gasteiger partial charge in [-0.05, 0) is 37.4 Å². The van der Waals surface area contributed by atoms with Gasteiger partial charge < -0.3 is 10.2 Å². The number of nitrogens with zero attached hydrogens (tertiary/aromatic N) is 2. The van der Waals surface area contributed by atoms with Crippen molar-refractivity contribution < 1.29 is 0 Å². The highest BCUT2D eigenvalue weighted by atomic mass is 15.2. The molecule has 3 rings (SSSR count). The van der Waals surface area contributed by atoms with Gasteiger partial charge in [0.05, 0.1) is 0 Å². The Bertz CT molecular complexity index is 426. The predicted octanol–water partition coefficient (Wildman–Crippen LogP) is 1.38. The molecule has 1 heterocycles. The summed E-state index contributed by atoms with van der Waals surface area (Å²) in [5.41, 5.74) is 3.14. The molecule has 1 unspecified atom stereocenters. The lowest BCUT2D eigenvalue weighted by atomic mass is 9.88. The maximum Gasteiger partial charge on any atom is 0.0136 e. The molecule has 0 saturated carbocycles. The number of rotatable bonds is 4. The summed E-state index contributed by atoms with van der Waals surface area (Å²) >= 11 is 0. The molecular formula is C17H27N3. The summed E-state index contributed by atoms with van der Waals surface area (Å²) in [5, 5.41) is 3.42. The van der Waals surface area contributed by atoms with E-state index < -0.39 is 0 Å². The van der Waals surface area contributed by atoms with Crippen LogP contribution in [0.4, 0.5) is 0 Å². The van der Waals surface area contributed by atoms with Gasteiger partial charge in [0.2, 0.25) is 0 Å². The Morgan fingerprint density at radius 2 is 1.95 bits per heavy atom. The average Bonchev–Trinajstić information content (AvgIpc) is 2.53. The molecular weight excluding hydrogens is 246 g/mol. The summed E-state index contributed by atoms with van der Waals surface area (Å²) in [4.78, 5) is 5.17. The minimum Gasteiger partial charge on any atom is -0.314 e. The Morgan fingerprint density at radius 1 is 1.20 bits per heavy atom. The second-order valence-corrected chi connectivity index (χ2v) is 6.24. The second kappa shape index (κ2) is 6.70. The van der Waals surface area contributed by atoms with Crippen LogP contribution in [0.1, 0.15) is 17.5 Å². The zero-order valence-electron chi connectivity index (χ0n) is 12.6. The molecule has 1 fully saturated rings. The molecule has 3 nitrogen and oxygen atoms in total. The number of piperazine rings is 1. The molecule has 0 amide bonds. The van der Waals surface area contributed by atoms with Gasteiger partial charge >= 0.3 is 0 Å². The SMILES string of the molecule is CN(CCN1CCNCC1)C1CCc2ccccc2C1. The van der Waals surface area contributed by atoms with Crippen molar-refractivity contribution in [2.24, 2.45) is 0 Å². The van der Waals surface area contributed by atoms with E-state index in [-0.39, 0.29) is 0 Å². The molecule has 0 radical (unpaired) electrons. The lowest BCUT2D eigenvalue weighted by Gasteiger charge is -2.35. The first-order valence-corrected chi connectivity index (χ1v) is 8.03. The van der Waals surface area contributed by atoms with Crippen molar-refractivity contribution in [2.45, 2.75) is 25.3 Å². The molecule has 2 aliphatic rings. The molecule has 1 atom stereocenters. The Hall–Kier alpha value is -0.900. The monoisotopic (exact) mass is 273 g/mol. The van der Waals surface area contributed by atoms with Gasteiger partial charge in [-0.25, -0.2) is 0 Å². The van der Waals surface area contributed by atoms with Crippen LogP contribution in [-0.2, 0) is 12.8 Å². The van der Waals surface area contributed by atoms with Crippen LogP contribution in [0.15, 0.2) is 24.3 Å². The first-order chi connectivity index (χ1) is 9.83. The largest absolute Gasteiger partial charge is 0.314 e. The van der Waals surface area contributed by atoms with Gasteiger partial charge in [0.1, 0.15) is 0 Å². The third-order valence-corrected chi connectivity index (χ3v) is 4.92. The molecule has 3 heteroatoms. The van der Waals surface area contributed by atoms with Crippen molar-refractivity contribution in [2.75, 3.05) is 46.3 Å². The highest BCUT2D eigenvalue weighted by Crippen LogP contribution is 2.23. The molecule has 0 spiro atoms. The van der Waals surface area contributed by atoms with Crippen molar-refractivity contribution >= 4 is 0 Å². The number of fused-ring (bicyclic) bond motifs is 1. The Morgan fingerprint density at radius 3 is 2.75 bits per heavy atom. The number of hydrogen-bond donors (Lipinski definition) is 1. The van der Waals surface area contributed by atoms with E-state index >= 15 is 0 Å². The normalized spacial score (nSPS) is 23.8. The van der Waals surface area contributed by atoms with Gasteiger partial charge in [-0.2, -0.15) is 0 Å². The Kier molecular flexibility index (Phi) is 4.71. The summed E-state index contributed by atoms with van der Waals surface area (Å²) in [6, 6.07) is 9.69. The number of aryl methyl sites for hydroxylation is 1. The van der Waals surface area contributed by atoms with Crippen LogP contribution in [0.3, 0.4) is 0 Å². The van der Waals surface area contributed by atoms with Crippen LogP contribution in [0.25, 0.3) is 0 Å². The van der Waals surface area contributed by atoms with Crippen molar-refractivity contribution in [1.82, 2.24) is 15.1 Å². The van der Waals surface area contributed by atoms with Crippen LogP contribution in [0.5, 0.6) is 0 Å². The van der Waals surface area contributed by atoms with Gasteiger partial charge in [0.15, 0.2) is 0 Å². The summed E-state index contributed by atoms with van der Waals surface area (Å²) < 4.78 is 0. The quantitative estimate of drug-likeness (QED) is 0.894. The van der Waals surface area contributed by atoms with E-state index in [4.69, 9.17) is 0 Å².